The monoisotopic (exact) mass is 289 g/mol. The van der Waals surface area contributed by atoms with E-state index in [0.717, 1.165) is 19.6 Å². The first kappa shape index (κ1) is 11.6. The molecule has 2 unspecified atom stereocenters. The lowest BCUT2D eigenvalue weighted by molar-refractivity contribution is -0.0702. The van der Waals surface area contributed by atoms with Gasteiger partial charge in [-0.25, -0.2) is 0 Å². The molecule has 0 amide bonds. The lowest BCUT2D eigenvalue weighted by atomic mass is 10.2. The van der Waals surface area contributed by atoms with Crippen molar-refractivity contribution in [1.82, 2.24) is 4.90 Å². The molecule has 0 radical (unpaired) electrons. The molecule has 1 saturated heterocycles. The molecule has 0 saturated carbocycles. The van der Waals surface area contributed by atoms with Crippen LogP contribution >= 0.6 is 27.3 Å². The maximum atomic E-state index is 5.71. The van der Waals surface area contributed by atoms with Crippen molar-refractivity contribution in [2.45, 2.75) is 32.6 Å². The van der Waals surface area contributed by atoms with Gasteiger partial charge in [0.15, 0.2) is 0 Å². The van der Waals surface area contributed by atoms with Crippen molar-refractivity contribution < 1.29 is 4.74 Å². The number of ether oxygens (including phenoxy) is 1. The third kappa shape index (κ3) is 3.28. The van der Waals surface area contributed by atoms with Crippen molar-refractivity contribution in [1.29, 1.82) is 0 Å². The summed E-state index contributed by atoms with van der Waals surface area (Å²) in [6, 6.07) is 4.31. The van der Waals surface area contributed by atoms with Crippen LogP contribution in [0.25, 0.3) is 0 Å². The van der Waals surface area contributed by atoms with Crippen LogP contribution in [0, 0.1) is 0 Å². The lowest BCUT2D eigenvalue weighted by Gasteiger charge is -2.34. The number of hydrogen-bond donors (Lipinski definition) is 0. The molecular weight excluding hydrogens is 274 g/mol. The Hall–Kier alpha value is 0.1000. The Morgan fingerprint density at radius 2 is 2.07 bits per heavy atom. The van der Waals surface area contributed by atoms with Crippen molar-refractivity contribution in [3.8, 4) is 0 Å². The number of thiophene rings is 1. The maximum Gasteiger partial charge on any atom is 0.0701 e. The van der Waals surface area contributed by atoms with Crippen molar-refractivity contribution in [2.75, 3.05) is 13.1 Å². The topological polar surface area (TPSA) is 12.5 Å². The van der Waals surface area contributed by atoms with E-state index in [2.05, 4.69) is 46.8 Å². The fraction of sp³-hybridized carbons (Fsp3) is 0.636. The second kappa shape index (κ2) is 4.95. The average molecular weight is 290 g/mol. The maximum absolute atomic E-state index is 5.71. The summed E-state index contributed by atoms with van der Waals surface area (Å²) < 4.78 is 6.93. The molecule has 4 heteroatoms. The van der Waals surface area contributed by atoms with Gasteiger partial charge >= 0.3 is 0 Å². The summed E-state index contributed by atoms with van der Waals surface area (Å²) in [5.74, 6) is 0. The number of nitrogens with zero attached hydrogens (tertiary/aromatic N) is 1. The largest absolute Gasteiger partial charge is 0.373 e. The summed E-state index contributed by atoms with van der Waals surface area (Å²) >= 11 is 5.31. The van der Waals surface area contributed by atoms with Crippen LogP contribution in [0.3, 0.4) is 0 Å². The highest BCUT2D eigenvalue weighted by molar-refractivity contribution is 9.11. The molecule has 2 nitrogen and oxygen atoms in total. The summed E-state index contributed by atoms with van der Waals surface area (Å²) in [6.45, 7) is 7.42. The molecule has 1 aliphatic heterocycles. The van der Waals surface area contributed by atoms with Crippen molar-refractivity contribution in [3.63, 3.8) is 0 Å². The molecule has 0 spiro atoms. The molecule has 0 N–H and O–H groups in total. The number of morpholine rings is 1. The van der Waals surface area contributed by atoms with Crippen LogP contribution < -0.4 is 0 Å². The molecule has 2 rings (SSSR count). The minimum absolute atomic E-state index is 0.358. The third-order valence-corrected chi connectivity index (χ3v) is 4.11. The fourth-order valence-electron chi connectivity index (χ4n) is 2.07. The van der Waals surface area contributed by atoms with E-state index in [1.165, 1.54) is 8.66 Å². The van der Waals surface area contributed by atoms with E-state index in [0.29, 0.717) is 12.2 Å². The normalized spacial score (nSPS) is 28.2. The highest BCUT2D eigenvalue weighted by atomic mass is 79.9. The van der Waals surface area contributed by atoms with Gasteiger partial charge in [-0.3, -0.25) is 4.90 Å². The minimum Gasteiger partial charge on any atom is -0.373 e. The summed E-state index contributed by atoms with van der Waals surface area (Å²) in [5, 5.41) is 0. The van der Waals surface area contributed by atoms with Gasteiger partial charge in [0.2, 0.25) is 0 Å². The molecular formula is C11H16BrNOS. The summed E-state index contributed by atoms with van der Waals surface area (Å²) in [4.78, 5) is 3.89. The SMILES string of the molecule is CC1CN(Cc2ccc(Br)s2)CC(C)O1. The second-order valence-electron chi connectivity index (χ2n) is 4.16. The minimum atomic E-state index is 0.358. The van der Waals surface area contributed by atoms with Gasteiger partial charge in [-0.1, -0.05) is 0 Å². The Morgan fingerprint density at radius 3 is 2.60 bits per heavy atom. The van der Waals surface area contributed by atoms with E-state index in [1.54, 1.807) is 0 Å². The highest BCUT2D eigenvalue weighted by Gasteiger charge is 2.22. The van der Waals surface area contributed by atoms with Crippen LogP contribution in [-0.2, 0) is 11.3 Å². The van der Waals surface area contributed by atoms with Crippen LogP contribution in [0.2, 0.25) is 0 Å². The molecule has 2 atom stereocenters. The summed E-state index contributed by atoms with van der Waals surface area (Å²) in [6.07, 6.45) is 0.717. The molecule has 0 bridgehead atoms. The molecule has 84 valence electrons. The molecule has 0 aromatic carbocycles. The zero-order valence-corrected chi connectivity index (χ0v) is 11.5. The first-order valence-electron chi connectivity index (χ1n) is 5.25. The quantitative estimate of drug-likeness (QED) is 0.830. The first-order valence-corrected chi connectivity index (χ1v) is 6.86. The highest BCUT2D eigenvalue weighted by Crippen LogP contribution is 2.24. The van der Waals surface area contributed by atoms with E-state index in [9.17, 15) is 0 Å². The van der Waals surface area contributed by atoms with Gasteiger partial charge in [0.1, 0.15) is 0 Å². The number of hydrogen-bond acceptors (Lipinski definition) is 3. The van der Waals surface area contributed by atoms with Gasteiger partial charge in [-0.2, -0.15) is 0 Å². The Kier molecular flexibility index (Phi) is 3.83. The third-order valence-electron chi connectivity index (χ3n) is 2.50. The van der Waals surface area contributed by atoms with Crippen LogP contribution in [0.5, 0.6) is 0 Å². The van der Waals surface area contributed by atoms with Gasteiger partial charge in [-0.15, -0.1) is 11.3 Å². The molecule has 1 aromatic heterocycles. The van der Waals surface area contributed by atoms with Gasteiger partial charge in [-0.05, 0) is 41.9 Å². The summed E-state index contributed by atoms with van der Waals surface area (Å²) in [5.41, 5.74) is 0. The van der Waals surface area contributed by atoms with Crippen molar-refractivity contribution in [3.05, 3.63) is 20.8 Å². The molecule has 1 aliphatic rings. The summed E-state index contributed by atoms with van der Waals surface area (Å²) in [7, 11) is 0. The Bertz CT molecular complexity index is 318. The molecule has 1 aromatic rings. The number of rotatable bonds is 2. The predicted molar refractivity (Wildman–Crippen MR) is 67.3 cm³/mol. The smallest absolute Gasteiger partial charge is 0.0701 e. The van der Waals surface area contributed by atoms with E-state index < -0.39 is 0 Å². The molecule has 2 heterocycles. The van der Waals surface area contributed by atoms with Crippen LogP contribution in [0.1, 0.15) is 18.7 Å². The molecule has 15 heavy (non-hydrogen) atoms. The van der Waals surface area contributed by atoms with E-state index in [4.69, 9.17) is 4.74 Å². The Morgan fingerprint density at radius 1 is 1.40 bits per heavy atom. The van der Waals surface area contributed by atoms with E-state index in [1.807, 2.05) is 11.3 Å². The van der Waals surface area contributed by atoms with Gasteiger partial charge in [0.05, 0.1) is 16.0 Å². The molecule has 1 fully saturated rings. The van der Waals surface area contributed by atoms with Crippen molar-refractivity contribution in [2.24, 2.45) is 0 Å². The Balaban J connectivity index is 1.94. The van der Waals surface area contributed by atoms with Crippen LogP contribution in [0.4, 0.5) is 0 Å². The van der Waals surface area contributed by atoms with E-state index >= 15 is 0 Å². The molecule has 0 aliphatic carbocycles. The van der Waals surface area contributed by atoms with Crippen molar-refractivity contribution >= 4 is 27.3 Å². The second-order valence-corrected chi connectivity index (χ2v) is 6.70. The predicted octanol–water partition coefficient (Wildman–Crippen LogP) is 3.12. The van der Waals surface area contributed by atoms with Gasteiger partial charge in [0, 0.05) is 24.5 Å². The lowest BCUT2D eigenvalue weighted by Crippen LogP contribution is -2.44. The Labute approximate surface area is 103 Å². The van der Waals surface area contributed by atoms with Gasteiger partial charge < -0.3 is 4.74 Å². The van der Waals surface area contributed by atoms with Gasteiger partial charge in [0.25, 0.3) is 0 Å². The first-order chi connectivity index (χ1) is 7.13. The van der Waals surface area contributed by atoms with Crippen LogP contribution in [-0.4, -0.2) is 30.2 Å². The standard InChI is InChI=1S/C11H16BrNOS/c1-8-5-13(6-9(2)14-8)7-10-3-4-11(12)15-10/h3-4,8-9H,5-7H2,1-2H3. The fourth-order valence-corrected chi connectivity index (χ4v) is 3.60. The average Bonchev–Trinajstić information content (AvgIpc) is 2.49. The number of halogens is 1. The van der Waals surface area contributed by atoms with E-state index in [-0.39, 0.29) is 0 Å². The zero-order chi connectivity index (χ0) is 10.8. The zero-order valence-electron chi connectivity index (χ0n) is 9.07. The van der Waals surface area contributed by atoms with Crippen LogP contribution in [0.15, 0.2) is 15.9 Å².